The monoisotopic (exact) mass is 523 g/mol. The second kappa shape index (κ2) is 10.2. The molecule has 30 heavy (non-hydrogen) atoms. The fourth-order valence-corrected chi connectivity index (χ4v) is 3.99. The van der Waals surface area contributed by atoms with Crippen molar-refractivity contribution in [3.63, 3.8) is 0 Å². The SMILES string of the molecule is Cc1nnc(CN=C(NC2CCCC2)NC2CC(=O)N(c3ccccc3)C2)n1C.I. The van der Waals surface area contributed by atoms with E-state index in [0.29, 0.717) is 25.6 Å². The molecule has 1 unspecified atom stereocenters. The van der Waals surface area contributed by atoms with Crippen LogP contribution >= 0.6 is 24.0 Å². The number of aryl methyl sites for hydroxylation is 1. The number of guanidine groups is 1. The number of carbonyl (C=O) groups is 1. The minimum Gasteiger partial charge on any atom is -0.354 e. The van der Waals surface area contributed by atoms with Crippen LogP contribution in [0.15, 0.2) is 35.3 Å². The van der Waals surface area contributed by atoms with E-state index in [0.717, 1.165) is 36.1 Å². The van der Waals surface area contributed by atoms with Gasteiger partial charge in [-0.2, -0.15) is 0 Å². The molecule has 2 heterocycles. The normalized spacial score (nSPS) is 19.8. The molecular weight excluding hydrogens is 493 g/mol. The van der Waals surface area contributed by atoms with E-state index in [2.05, 4.69) is 20.8 Å². The van der Waals surface area contributed by atoms with Gasteiger partial charge in [0.25, 0.3) is 0 Å². The molecule has 1 aliphatic carbocycles. The average Bonchev–Trinajstić information content (AvgIpc) is 3.44. The average molecular weight is 523 g/mol. The molecule has 1 aromatic heterocycles. The molecule has 2 aliphatic rings. The third kappa shape index (κ3) is 5.30. The molecule has 2 fully saturated rings. The van der Waals surface area contributed by atoms with Crippen LogP contribution in [0.3, 0.4) is 0 Å². The van der Waals surface area contributed by atoms with Crippen LogP contribution in [-0.4, -0.2) is 45.3 Å². The van der Waals surface area contributed by atoms with Crippen molar-refractivity contribution in [2.24, 2.45) is 12.0 Å². The van der Waals surface area contributed by atoms with Crippen molar-refractivity contribution in [3.8, 4) is 0 Å². The van der Waals surface area contributed by atoms with Crippen molar-refractivity contribution in [3.05, 3.63) is 42.0 Å². The smallest absolute Gasteiger partial charge is 0.229 e. The van der Waals surface area contributed by atoms with Gasteiger partial charge in [0.05, 0.1) is 6.04 Å². The number of anilines is 1. The summed E-state index contributed by atoms with van der Waals surface area (Å²) in [6.45, 7) is 3.01. The van der Waals surface area contributed by atoms with E-state index in [-0.39, 0.29) is 35.9 Å². The van der Waals surface area contributed by atoms with Crippen LogP contribution in [0.4, 0.5) is 5.69 Å². The number of rotatable bonds is 5. The van der Waals surface area contributed by atoms with Gasteiger partial charge in [-0.25, -0.2) is 4.99 Å². The number of carbonyl (C=O) groups excluding carboxylic acids is 1. The van der Waals surface area contributed by atoms with Gasteiger partial charge >= 0.3 is 0 Å². The molecule has 4 rings (SSSR count). The third-order valence-corrected chi connectivity index (χ3v) is 5.79. The van der Waals surface area contributed by atoms with Crippen molar-refractivity contribution in [1.82, 2.24) is 25.4 Å². The van der Waals surface area contributed by atoms with Crippen molar-refractivity contribution in [1.29, 1.82) is 0 Å². The Labute approximate surface area is 194 Å². The minimum absolute atomic E-state index is 0. The van der Waals surface area contributed by atoms with Crippen molar-refractivity contribution < 1.29 is 4.79 Å². The van der Waals surface area contributed by atoms with Gasteiger partial charge in [0.15, 0.2) is 11.8 Å². The number of halogens is 1. The summed E-state index contributed by atoms with van der Waals surface area (Å²) in [5.74, 6) is 2.58. The Morgan fingerprint density at radius 2 is 1.83 bits per heavy atom. The topological polar surface area (TPSA) is 87.4 Å². The molecule has 1 saturated carbocycles. The molecule has 1 saturated heterocycles. The highest BCUT2D eigenvalue weighted by Crippen LogP contribution is 2.21. The predicted molar refractivity (Wildman–Crippen MR) is 128 cm³/mol. The van der Waals surface area contributed by atoms with Crippen molar-refractivity contribution in [2.45, 2.75) is 57.7 Å². The Kier molecular flexibility index (Phi) is 7.68. The highest BCUT2D eigenvalue weighted by atomic mass is 127. The molecule has 162 valence electrons. The number of amides is 1. The summed E-state index contributed by atoms with van der Waals surface area (Å²) in [7, 11) is 1.95. The zero-order valence-electron chi connectivity index (χ0n) is 17.5. The van der Waals surface area contributed by atoms with Gasteiger partial charge in [-0.05, 0) is 31.9 Å². The van der Waals surface area contributed by atoms with Gasteiger partial charge in [0, 0.05) is 31.7 Å². The van der Waals surface area contributed by atoms with Gasteiger partial charge < -0.3 is 20.1 Å². The summed E-state index contributed by atoms with van der Waals surface area (Å²) in [6, 6.07) is 10.3. The Bertz CT molecular complexity index is 877. The van der Waals surface area contributed by atoms with Crippen LogP contribution < -0.4 is 15.5 Å². The van der Waals surface area contributed by atoms with Crippen LogP contribution in [0.2, 0.25) is 0 Å². The molecule has 8 nitrogen and oxygen atoms in total. The quantitative estimate of drug-likeness (QED) is 0.358. The molecule has 2 aromatic rings. The molecule has 1 aliphatic heterocycles. The third-order valence-electron chi connectivity index (χ3n) is 5.79. The highest BCUT2D eigenvalue weighted by molar-refractivity contribution is 14.0. The highest BCUT2D eigenvalue weighted by Gasteiger charge is 2.31. The first-order valence-corrected chi connectivity index (χ1v) is 10.4. The van der Waals surface area contributed by atoms with E-state index < -0.39 is 0 Å². The Hall–Kier alpha value is -2.17. The van der Waals surface area contributed by atoms with E-state index in [4.69, 9.17) is 4.99 Å². The van der Waals surface area contributed by atoms with Crippen molar-refractivity contribution in [2.75, 3.05) is 11.4 Å². The molecule has 1 amide bonds. The maximum atomic E-state index is 12.5. The maximum absolute atomic E-state index is 12.5. The Morgan fingerprint density at radius 1 is 1.13 bits per heavy atom. The molecule has 1 aromatic carbocycles. The van der Waals surface area contributed by atoms with Gasteiger partial charge in [-0.15, -0.1) is 34.2 Å². The summed E-state index contributed by atoms with van der Waals surface area (Å²) in [6.07, 6.45) is 5.27. The number of aromatic nitrogens is 3. The molecule has 9 heteroatoms. The summed E-state index contributed by atoms with van der Waals surface area (Å²) in [5, 5.41) is 15.4. The molecule has 2 N–H and O–H groups in total. The van der Waals surface area contributed by atoms with Crippen LogP contribution in [0.25, 0.3) is 0 Å². The van der Waals surface area contributed by atoms with E-state index >= 15 is 0 Å². The number of nitrogens with one attached hydrogen (secondary N) is 2. The number of para-hydroxylation sites is 1. The molecule has 0 bridgehead atoms. The number of benzene rings is 1. The van der Waals surface area contributed by atoms with Crippen LogP contribution in [0.1, 0.15) is 43.8 Å². The van der Waals surface area contributed by atoms with Gasteiger partial charge in [0.1, 0.15) is 12.4 Å². The lowest BCUT2D eigenvalue weighted by atomic mass is 10.2. The standard InChI is InChI=1S/C21H29N7O.HI/c1-15-25-26-19(27(15)2)13-22-21(23-16-8-6-7-9-16)24-17-12-20(29)28(14-17)18-10-4-3-5-11-18;/h3-5,10-11,16-17H,6-9,12-14H2,1-2H3,(H2,22,23,24);1H. The number of hydrogen-bond donors (Lipinski definition) is 2. The van der Waals surface area contributed by atoms with E-state index in [1.165, 1.54) is 12.8 Å². The minimum atomic E-state index is 0. The van der Waals surface area contributed by atoms with E-state index in [1.54, 1.807) is 0 Å². The molecule has 0 spiro atoms. The predicted octanol–water partition coefficient (Wildman–Crippen LogP) is 2.52. The summed E-state index contributed by atoms with van der Waals surface area (Å²) < 4.78 is 1.95. The first-order valence-electron chi connectivity index (χ1n) is 10.4. The van der Waals surface area contributed by atoms with Crippen LogP contribution in [0.5, 0.6) is 0 Å². The fourth-order valence-electron chi connectivity index (χ4n) is 3.99. The van der Waals surface area contributed by atoms with E-state index in [1.807, 2.05) is 53.8 Å². The molecule has 1 atom stereocenters. The van der Waals surface area contributed by atoms with Gasteiger partial charge in [-0.3, -0.25) is 4.79 Å². The number of nitrogens with zero attached hydrogens (tertiary/aromatic N) is 5. The second-order valence-electron chi connectivity index (χ2n) is 7.90. The number of hydrogen-bond acceptors (Lipinski definition) is 4. The Morgan fingerprint density at radius 3 is 2.50 bits per heavy atom. The van der Waals surface area contributed by atoms with Gasteiger partial charge in [0.2, 0.25) is 5.91 Å². The van der Waals surface area contributed by atoms with Crippen LogP contribution in [-0.2, 0) is 18.4 Å². The van der Waals surface area contributed by atoms with Crippen molar-refractivity contribution >= 4 is 41.5 Å². The summed E-state index contributed by atoms with van der Waals surface area (Å²) in [4.78, 5) is 19.1. The maximum Gasteiger partial charge on any atom is 0.229 e. The second-order valence-corrected chi connectivity index (χ2v) is 7.90. The van der Waals surface area contributed by atoms with Crippen LogP contribution in [0, 0.1) is 6.92 Å². The number of aliphatic imine (C=N–C) groups is 1. The lowest BCUT2D eigenvalue weighted by molar-refractivity contribution is -0.117. The Balaban J connectivity index is 0.00000256. The first-order chi connectivity index (χ1) is 14.1. The zero-order valence-corrected chi connectivity index (χ0v) is 19.9. The van der Waals surface area contributed by atoms with E-state index in [9.17, 15) is 4.79 Å². The van der Waals surface area contributed by atoms with Gasteiger partial charge in [-0.1, -0.05) is 31.0 Å². The molecular formula is C21H30IN7O. The lowest BCUT2D eigenvalue weighted by Crippen LogP contribution is -2.47. The fraction of sp³-hybridized carbons (Fsp3) is 0.524. The summed E-state index contributed by atoms with van der Waals surface area (Å²) >= 11 is 0. The largest absolute Gasteiger partial charge is 0.354 e. The summed E-state index contributed by atoms with van der Waals surface area (Å²) in [5.41, 5.74) is 0.943. The lowest BCUT2D eigenvalue weighted by Gasteiger charge is -2.21. The molecule has 0 radical (unpaired) electrons. The first kappa shape index (κ1) is 22.5. The zero-order chi connectivity index (χ0) is 20.2.